The van der Waals surface area contributed by atoms with Crippen LogP contribution in [0.3, 0.4) is 0 Å². The topological polar surface area (TPSA) is 29.3 Å². The first-order valence-electron chi connectivity index (χ1n) is 7.59. The molecule has 3 rings (SSSR count). The van der Waals surface area contributed by atoms with Gasteiger partial charge in [0.25, 0.3) is 0 Å². The van der Waals surface area contributed by atoms with Gasteiger partial charge >= 0.3 is 0 Å². The van der Waals surface area contributed by atoms with E-state index in [4.69, 9.17) is 4.52 Å². The molecule has 1 heterocycles. The molecule has 0 N–H and O–H groups in total. The summed E-state index contributed by atoms with van der Waals surface area (Å²) in [6, 6.07) is 8.77. The minimum Gasteiger partial charge on any atom is -0.368 e. The molecule has 3 nitrogen and oxygen atoms in total. The number of hydrogen-bond acceptors (Lipinski definition) is 3. The Morgan fingerprint density at radius 2 is 1.95 bits per heavy atom. The molecule has 1 atom stereocenters. The van der Waals surface area contributed by atoms with Gasteiger partial charge in [-0.25, -0.2) is 0 Å². The van der Waals surface area contributed by atoms with Crippen molar-refractivity contribution in [3.63, 3.8) is 0 Å². The third-order valence-corrected chi connectivity index (χ3v) is 4.42. The predicted molar refractivity (Wildman–Crippen MR) is 81.3 cm³/mol. The summed E-state index contributed by atoms with van der Waals surface area (Å²) in [5.41, 5.74) is 5.29. The summed E-state index contributed by atoms with van der Waals surface area (Å²) in [6.45, 7) is 6.34. The van der Waals surface area contributed by atoms with Crippen LogP contribution in [-0.2, 0) is 12.8 Å². The highest BCUT2D eigenvalue weighted by Gasteiger charge is 2.26. The van der Waals surface area contributed by atoms with Gasteiger partial charge in [0.15, 0.2) is 0 Å². The number of rotatable bonds is 4. The molecule has 0 spiro atoms. The van der Waals surface area contributed by atoms with E-state index in [1.54, 1.807) is 0 Å². The highest BCUT2D eigenvalue weighted by Crippen LogP contribution is 2.36. The summed E-state index contributed by atoms with van der Waals surface area (Å²) in [6.07, 6.45) is 5.20. The Morgan fingerprint density at radius 3 is 2.70 bits per heavy atom. The lowest BCUT2D eigenvalue weighted by atomic mass is 9.82. The van der Waals surface area contributed by atoms with Crippen LogP contribution in [0.2, 0.25) is 0 Å². The van der Waals surface area contributed by atoms with Crippen molar-refractivity contribution in [1.29, 1.82) is 0 Å². The van der Waals surface area contributed by atoms with Crippen molar-refractivity contribution in [1.82, 2.24) is 5.16 Å². The van der Waals surface area contributed by atoms with Gasteiger partial charge in [0, 0.05) is 19.0 Å². The molecular weight excluding hydrogens is 248 g/mol. The van der Waals surface area contributed by atoms with E-state index in [-0.39, 0.29) is 0 Å². The Morgan fingerprint density at radius 1 is 1.20 bits per heavy atom. The molecule has 1 aliphatic carbocycles. The van der Waals surface area contributed by atoms with Crippen LogP contribution in [0, 0.1) is 0 Å². The number of benzene rings is 1. The molecule has 1 aromatic heterocycles. The average Bonchev–Trinajstić information content (AvgIpc) is 2.97. The summed E-state index contributed by atoms with van der Waals surface area (Å²) in [7, 11) is 0. The van der Waals surface area contributed by atoms with Crippen LogP contribution < -0.4 is 4.90 Å². The van der Waals surface area contributed by atoms with Gasteiger partial charge in [-0.05, 0) is 44.2 Å². The normalized spacial score (nSPS) is 17.8. The van der Waals surface area contributed by atoms with Gasteiger partial charge in [0.2, 0.25) is 0 Å². The van der Waals surface area contributed by atoms with Crippen LogP contribution in [0.25, 0.3) is 0 Å². The molecule has 3 heteroatoms. The minimum absolute atomic E-state index is 0.485. The molecule has 1 aliphatic rings. The number of aromatic nitrogens is 1. The van der Waals surface area contributed by atoms with Crippen molar-refractivity contribution in [2.75, 3.05) is 18.0 Å². The van der Waals surface area contributed by atoms with Gasteiger partial charge in [-0.2, -0.15) is 0 Å². The molecule has 20 heavy (non-hydrogen) atoms. The summed E-state index contributed by atoms with van der Waals surface area (Å²) in [5.74, 6) is 0.485. The second-order valence-corrected chi connectivity index (χ2v) is 5.47. The van der Waals surface area contributed by atoms with E-state index in [1.807, 2.05) is 6.26 Å². The highest BCUT2D eigenvalue weighted by atomic mass is 16.5. The second kappa shape index (κ2) is 5.70. The molecule has 0 amide bonds. The van der Waals surface area contributed by atoms with Crippen LogP contribution in [0.15, 0.2) is 35.1 Å². The van der Waals surface area contributed by atoms with Crippen molar-refractivity contribution in [3.8, 4) is 0 Å². The van der Waals surface area contributed by atoms with E-state index in [1.165, 1.54) is 16.8 Å². The van der Waals surface area contributed by atoms with Crippen LogP contribution in [0.4, 0.5) is 5.69 Å². The Labute approximate surface area is 120 Å². The van der Waals surface area contributed by atoms with E-state index in [0.717, 1.165) is 38.0 Å². The van der Waals surface area contributed by atoms with E-state index in [0.29, 0.717) is 5.92 Å². The van der Waals surface area contributed by atoms with Crippen molar-refractivity contribution in [2.24, 2.45) is 0 Å². The maximum Gasteiger partial charge on any atom is 0.147 e. The van der Waals surface area contributed by atoms with Crippen LogP contribution in [-0.4, -0.2) is 18.2 Å². The highest BCUT2D eigenvalue weighted by molar-refractivity contribution is 5.50. The summed E-state index contributed by atoms with van der Waals surface area (Å²) < 4.78 is 5.28. The Bertz CT molecular complexity index is 572. The van der Waals surface area contributed by atoms with Crippen molar-refractivity contribution >= 4 is 5.69 Å². The Kier molecular flexibility index (Phi) is 3.77. The first kappa shape index (κ1) is 13.2. The summed E-state index contributed by atoms with van der Waals surface area (Å²) in [5, 5.41) is 4.31. The van der Waals surface area contributed by atoms with Crippen LogP contribution in [0.1, 0.15) is 43.0 Å². The standard InChI is InChI=1S/C17H22N2O/c1-3-19(4-2)16-12-20-18-17(16)15-10-9-13-7-5-6-8-14(13)11-15/h5-8,12,15H,3-4,9-11H2,1-2H3. The lowest BCUT2D eigenvalue weighted by molar-refractivity contribution is 0.399. The average molecular weight is 270 g/mol. The predicted octanol–water partition coefficient (Wildman–Crippen LogP) is 3.79. The molecule has 0 saturated heterocycles. The smallest absolute Gasteiger partial charge is 0.147 e. The number of nitrogens with zero attached hydrogens (tertiary/aromatic N) is 2. The molecule has 0 aliphatic heterocycles. The van der Waals surface area contributed by atoms with Crippen molar-refractivity contribution < 1.29 is 4.52 Å². The lowest BCUT2D eigenvalue weighted by Crippen LogP contribution is -2.24. The fourth-order valence-electron chi connectivity index (χ4n) is 3.26. The van der Waals surface area contributed by atoms with Crippen LogP contribution >= 0.6 is 0 Å². The van der Waals surface area contributed by atoms with Crippen LogP contribution in [0.5, 0.6) is 0 Å². The minimum atomic E-state index is 0.485. The van der Waals surface area contributed by atoms with Gasteiger partial charge in [-0.15, -0.1) is 0 Å². The Hall–Kier alpha value is -1.77. The fraction of sp³-hybridized carbons (Fsp3) is 0.471. The molecule has 0 saturated carbocycles. The maximum atomic E-state index is 5.28. The van der Waals surface area contributed by atoms with Gasteiger partial charge in [-0.3, -0.25) is 0 Å². The quantitative estimate of drug-likeness (QED) is 0.846. The summed E-state index contributed by atoms with van der Waals surface area (Å²) in [4.78, 5) is 2.33. The number of hydrogen-bond donors (Lipinski definition) is 0. The van der Waals surface area contributed by atoms with Gasteiger partial charge in [-0.1, -0.05) is 29.4 Å². The third kappa shape index (κ3) is 2.33. The summed E-state index contributed by atoms with van der Waals surface area (Å²) >= 11 is 0. The fourth-order valence-corrected chi connectivity index (χ4v) is 3.26. The van der Waals surface area contributed by atoms with E-state index in [2.05, 4.69) is 48.2 Å². The van der Waals surface area contributed by atoms with Crippen molar-refractivity contribution in [3.05, 3.63) is 47.3 Å². The first-order valence-corrected chi connectivity index (χ1v) is 7.59. The maximum absolute atomic E-state index is 5.28. The lowest BCUT2D eigenvalue weighted by Gasteiger charge is -2.26. The zero-order chi connectivity index (χ0) is 13.9. The molecule has 106 valence electrons. The second-order valence-electron chi connectivity index (χ2n) is 5.47. The molecule has 2 aromatic rings. The zero-order valence-corrected chi connectivity index (χ0v) is 12.3. The molecule has 0 radical (unpaired) electrons. The number of fused-ring (bicyclic) bond motifs is 1. The number of anilines is 1. The van der Waals surface area contributed by atoms with Gasteiger partial charge < -0.3 is 9.42 Å². The third-order valence-electron chi connectivity index (χ3n) is 4.42. The molecule has 1 unspecified atom stereocenters. The largest absolute Gasteiger partial charge is 0.368 e. The molecule has 0 fully saturated rings. The molecular formula is C17H22N2O. The van der Waals surface area contributed by atoms with Gasteiger partial charge in [0.05, 0.1) is 0 Å². The van der Waals surface area contributed by atoms with E-state index in [9.17, 15) is 0 Å². The van der Waals surface area contributed by atoms with Crippen molar-refractivity contribution in [2.45, 2.75) is 39.0 Å². The van der Waals surface area contributed by atoms with E-state index >= 15 is 0 Å². The first-order chi connectivity index (χ1) is 9.83. The SMILES string of the molecule is CCN(CC)c1conc1C1CCc2ccccc2C1. The monoisotopic (exact) mass is 270 g/mol. The van der Waals surface area contributed by atoms with Gasteiger partial charge in [0.1, 0.15) is 17.6 Å². The zero-order valence-electron chi connectivity index (χ0n) is 12.3. The molecule has 1 aromatic carbocycles. The molecule has 0 bridgehead atoms. The Balaban J connectivity index is 1.87. The number of aryl methyl sites for hydroxylation is 1. The van der Waals surface area contributed by atoms with E-state index < -0.39 is 0 Å².